The van der Waals surface area contributed by atoms with E-state index in [9.17, 15) is 0 Å². The molecular weight excluding hydrogens is 1090 g/mol. The summed E-state index contributed by atoms with van der Waals surface area (Å²) in [6.45, 7) is -0.202. The van der Waals surface area contributed by atoms with Crippen LogP contribution in [-0.4, -0.2) is 31.8 Å². The SMILES string of the molecule is c1ccc2c(c1)sc1cc3c(cc12)B1c2c(ccc4c5cc6c(cc5n-3c24)sc2ccccc26)-c2cccc3c2n1c1c2cccc4c2n(c31)B1c2cc3c(cc2-n2c5cc6sc7ccccc7c6cc5c5ccc-4c1c52)sc1ccccc13. The standard InChI is InChI=1S/C74H34B2N4S4/c1-5-19-59-35(11-1)49-27-47-43-25-23-39-41-15-9-17-45-69(41)79(75-53-29-51-37-13-3-7-21-61(37)83-65(51)33-57(53)77(71(43)67(39)75)55(47)31-63(49)81-59)73-46-18-10-16-42-40-24-26-44-48-28-50-36-12-2-6-20-60(36)82-64(50)32-56(48)78-58-34-66-52(38-14-4-8-22-62(38)84-66)30-54(58)76(68(40)72(44)78)80(70(42)46)74(45)73/h1-34H. The first kappa shape index (κ1) is 42.4. The van der Waals surface area contributed by atoms with Crippen LogP contribution in [-0.2, 0) is 0 Å². The maximum absolute atomic E-state index is 2.86. The van der Waals surface area contributed by atoms with Crippen LogP contribution in [0.3, 0.4) is 0 Å². The molecule has 0 unspecified atom stereocenters. The number of rotatable bonds is 0. The number of thiophene rings is 4. The average molecular weight is 1130 g/mol. The lowest BCUT2D eigenvalue weighted by atomic mass is 9.45. The Labute approximate surface area is 492 Å². The predicted octanol–water partition coefficient (Wildman–Crippen LogP) is 18.3. The lowest BCUT2D eigenvalue weighted by Crippen LogP contribution is -2.55. The van der Waals surface area contributed by atoms with E-state index in [0.29, 0.717) is 0 Å². The van der Waals surface area contributed by atoms with Gasteiger partial charge in [0.05, 0.1) is 33.1 Å². The first-order valence-corrected chi connectivity index (χ1v) is 32.3. The molecule has 12 aromatic carbocycles. The van der Waals surface area contributed by atoms with Crippen molar-refractivity contribution in [2.24, 2.45) is 0 Å². The van der Waals surface area contributed by atoms with Crippen LogP contribution in [0.2, 0.25) is 0 Å². The summed E-state index contributed by atoms with van der Waals surface area (Å²) in [4.78, 5) is 0. The fraction of sp³-hybridized carbons (Fsp3) is 0. The van der Waals surface area contributed by atoms with Crippen LogP contribution >= 0.6 is 45.3 Å². The third kappa shape index (κ3) is 4.59. The van der Waals surface area contributed by atoms with Crippen molar-refractivity contribution in [2.75, 3.05) is 0 Å². The Bertz CT molecular complexity index is 6300. The molecule has 0 amide bonds. The van der Waals surface area contributed by atoms with Gasteiger partial charge in [-0.1, -0.05) is 146 Å². The molecule has 380 valence electrons. The molecule has 0 atom stereocenters. The second-order valence-electron chi connectivity index (χ2n) is 24.1. The highest BCUT2D eigenvalue weighted by Crippen LogP contribution is 2.52. The molecule has 0 N–H and O–H groups in total. The fourth-order valence-electron chi connectivity index (χ4n) is 17.4. The largest absolute Gasteiger partial charge is 0.374 e. The average Bonchev–Trinajstić information content (AvgIpc) is 1.83. The second kappa shape index (κ2) is 14.0. The van der Waals surface area contributed by atoms with Crippen molar-refractivity contribution in [1.29, 1.82) is 0 Å². The van der Waals surface area contributed by atoms with E-state index in [1.165, 1.54) is 213 Å². The topological polar surface area (TPSA) is 19.7 Å². The van der Waals surface area contributed by atoms with Crippen molar-refractivity contribution in [3.63, 3.8) is 0 Å². The highest BCUT2D eigenvalue weighted by molar-refractivity contribution is 7.27. The van der Waals surface area contributed by atoms with Gasteiger partial charge in [-0.2, -0.15) is 0 Å². The van der Waals surface area contributed by atoms with Gasteiger partial charge in [0, 0.05) is 147 Å². The van der Waals surface area contributed by atoms with E-state index in [-0.39, 0.29) is 13.7 Å². The van der Waals surface area contributed by atoms with E-state index in [0.717, 1.165) is 0 Å². The van der Waals surface area contributed by atoms with E-state index in [1.807, 2.05) is 45.3 Å². The zero-order valence-corrected chi connectivity index (χ0v) is 47.5. The van der Waals surface area contributed by atoms with Crippen LogP contribution < -0.4 is 21.9 Å². The predicted molar refractivity (Wildman–Crippen MR) is 367 cm³/mol. The maximum Gasteiger partial charge on any atom is 0.333 e. The molecule has 8 aromatic heterocycles. The summed E-state index contributed by atoms with van der Waals surface area (Å²) in [6, 6.07) is 80.9. The van der Waals surface area contributed by atoms with Gasteiger partial charge >= 0.3 is 13.7 Å². The minimum absolute atomic E-state index is 0.101. The fourth-order valence-corrected chi connectivity index (χ4v) is 21.8. The Kier molecular flexibility index (Phi) is 7.06. The van der Waals surface area contributed by atoms with Gasteiger partial charge in [0.15, 0.2) is 0 Å². The zero-order valence-electron chi connectivity index (χ0n) is 44.2. The molecule has 0 saturated carbocycles. The van der Waals surface area contributed by atoms with Gasteiger partial charge in [0.2, 0.25) is 0 Å². The molecule has 10 heteroatoms. The second-order valence-corrected chi connectivity index (χ2v) is 28.4. The summed E-state index contributed by atoms with van der Waals surface area (Å²) < 4.78 is 21.8. The van der Waals surface area contributed by atoms with Crippen molar-refractivity contribution in [2.45, 2.75) is 0 Å². The molecule has 0 spiro atoms. The molecule has 4 nitrogen and oxygen atoms in total. The van der Waals surface area contributed by atoms with E-state index in [1.54, 1.807) is 0 Å². The Morgan fingerprint density at radius 2 is 0.607 bits per heavy atom. The molecule has 84 heavy (non-hydrogen) atoms. The van der Waals surface area contributed by atoms with E-state index in [2.05, 4.69) is 224 Å². The lowest BCUT2D eigenvalue weighted by Gasteiger charge is -2.34. The van der Waals surface area contributed by atoms with Crippen molar-refractivity contribution >= 4 is 238 Å². The number of fused-ring (bicyclic) bond motifs is 33. The summed E-state index contributed by atoms with van der Waals surface area (Å²) in [5, 5.41) is 18.6. The Morgan fingerprint density at radius 1 is 0.238 bits per heavy atom. The van der Waals surface area contributed by atoms with Gasteiger partial charge in [-0.15, -0.1) is 45.3 Å². The number of aromatic nitrogens is 4. The van der Waals surface area contributed by atoms with Crippen LogP contribution in [0.25, 0.3) is 191 Å². The van der Waals surface area contributed by atoms with Crippen LogP contribution in [0.4, 0.5) is 0 Å². The molecular formula is C74H34B2N4S4. The smallest absolute Gasteiger partial charge is 0.333 e. The van der Waals surface area contributed by atoms with E-state index >= 15 is 0 Å². The Hall–Kier alpha value is -9.41. The van der Waals surface area contributed by atoms with Crippen molar-refractivity contribution < 1.29 is 0 Å². The molecule has 0 saturated heterocycles. The first-order valence-electron chi connectivity index (χ1n) is 29.0. The highest BCUT2D eigenvalue weighted by atomic mass is 32.1. The minimum Gasteiger partial charge on any atom is -0.374 e. The molecule has 0 bridgehead atoms. The third-order valence-electron chi connectivity index (χ3n) is 20.5. The quantitative estimate of drug-likeness (QED) is 0.135. The molecule has 0 aliphatic carbocycles. The number of nitrogens with zero attached hydrogens (tertiary/aromatic N) is 4. The van der Waals surface area contributed by atoms with E-state index < -0.39 is 0 Å². The van der Waals surface area contributed by atoms with Crippen LogP contribution in [0.5, 0.6) is 0 Å². The van der Waals surface area contributed by atoms with Crippen LogP contribution in [0, 0.1) is 0 Å². The summed E-state index contributed by atoms with van der Waals surface area (Å²) >= 11 is 7.69. The first-order chi connectivity index (χ1) is 41.7. The van der Waals surface area contributed by atoms with Gasteiger partial charge in [0.1, 0.15) is 0 Å². The minimum atomic E-state index is -0.101. The third-order valence-corrected chi connectivity index (χ3v) is 25.0. The summed E-state index contributed by atoms with van der Waals surface area (Å²) in [7, 11) is 0. The van der Waals surface area contributed by atoms with Gasteiger partial charge in [-0.3, -0.25) is 0 Å². The maximum atomic E-state index is 2.86. The number of benzene rings is 12. The molecule has 0 radical (unpaired) electrons. The van der Waals surface area contributed by atoms with Gasteiger partial charge in [-0.05, 0) is 93.6 Å². The van der Waals surface area contributed by atoms with Crippen LogP contribution in [0.15, 0.2) is 206 Å². The van der Waals surface area contributed by atoms with Gasteiger partial charge in [0.25, 0.3) is 0 Å². The summed E-state index contributed by atoms with van der Waals surface area (Å²) in [6.07, 6.45) is 0. The number of para-hydroxylation sites is 2. The molecule has 12 heterocycles. The van der Waals surface area contributed by atoms with Gasteiger partial charge in [-0.25, -0.2) is 0 Å². The highest BCUT2D eigenvalue weighted by Gasteiger charge is 2.47. The van der Waals surface area contributed by atoms with Crippen molar-refractivity contribution in [3.8, 4) is 33.6 Å². The monoisotopic (exact) mass is 1130 g/mol. The molecule has 20 aromatic rings. The zero-order chi connectivity index (χ0) is 53.4. The van der Waals surface area contributed by atoms with E-state index in [4.69, 9.17) is 0 Å². The molecule has 4 aliphatic rings. The lowest BCUT2D eigenvalue weighted by molar-refractivity contribution is 1.18. The van der Waals surface area contributed by atoms with Crippen molar-refractivity contribution in [1.82, 2.24) is 18.1 Å². The number of hydrogen-bond acceptors (Lipinski definition) is 4. The molecule has 24 rings (SSSR count). The van der Waals surface area contributed by atoms with Crippen LogP contribution in [0.1, 0.15) is 0 Å². The van der Waals surface area contributed by atoms with Gasteiger partial charge < -0.3 is 18.1 Å². The number of hydrogen-bond donors (Lipinski definition) is 0. The normalized spacial score (nSPS) is 13.9. The summed E-state index contributed by atoms with van der Waals surface area (Å²) in [5.74, 6) is 0. The molecule has 4 aliphatic heterocycles. The Balaban J connectivity index is 0.870. The van der Waals surface area contributed by atoms with Crippen molar-refractivity contribution in [3.05, 3.63) is 206 Å². The summed E-state index contributed by atoms with van der Waals surface area (Å²) in [5.41, 5.74) is 24.0. The Morgan fingerprint density at radius 3 is 1.02 bits per heavy atom. The molecule has 0 fully saturated rings.